The molecule has 0 saturated carbocycles. The van der Waals surface area contributed by atoms with Gasteiger partial charge in [-0.25, -0.2) is 4.98 Å². The first kappa shape index (κ1) is 43.9. The van der Waals surface area contributed by atoms with Crippen LogP contribution in [0.3, 0.4) is 0 Å². The van der Waals surface area contributed by atoms with Crippen LogP contribution in [0.5, 0.6) is 11.5 Å². The van der Waals surface area contributed by atoms with E-state index >= 15 is 0 Å². The largest absolute Gasteiger partial charge is 0.493 e. The Balaban J connectivity index is 0.840. The van der Waals surface area contributed by atoms with Crippen molar-refractivity contribution in [1.29, 1.82) is 0 Å². The molecular formula is C48H52N10O7. The van der Waals surface area contributed by atoms with Crippen LogP contribution < -0.4 is 25.4 Å². The van der Waals surface area contributed by atoms with Gasteiger partial charge in [-0.15, -0.1) is 0 Å². The van der Waals surface area contributed by atoms with Crippen LogP contribution in [0.25, 0.3) is 10.9 Å². The second kappa shape index (κ2) is 17.5. The quantitative estimate of drug-likeness (QED) is 0.0593. The standard InChI is InChI=1S/C48H52N10O7/c1-28-17-31-23-49-35-22-41(40(64-8)21-33(35)46(62)58(31)24-28)65-16-10-13-43(60)51-42-27-56(7)44(52-42)39(59)19-29-18-37(54(5)25-29)45(61)50-30-20-38(55(6)26-30)47(63)57-15-14-32-34(53-48(2,3)4)11-9-12-36(32)57/h9,11-12,14-15,18,20-23,25-27,31,53H,1,10,13,16-17,19,24H2,2-8H3,(H,50,61)(H,51,60)/t31-/m0/s1. The number of fused-ring (bicyclic) bond motifs is 3. The van der Waals surface area contributed by atoms with Gasteiger partial charge in [0.15, 0.2) is 23.1 Å². The summed E-state index contributed by atoms with van der Waals surface area (Å²) in [5.74, 6) is -0.272. The van der Waals surface area contributed by atoms with Crippen LogP contribution in [0, 0.1) is 0 Å². The zero-order valence-electron chi connectivity index (χ0n) is 37.5. The Labute approximate surface area is 375 Å². The number of ketones is 1. The van der Waals surface area contributed by atoms with E-state index in [1.165, 1.54) is 7.11 Å². The summed E-state index contributed by atoms with van der Waals surface area (Å²) in [5.41, 5.74) is 5.14. The number of Topliss-reactive ketones (excluding diaryl/α,β-unsaturated/α-hetero) is 1. The van der Waals surface area contributed by atoms with E-state index < -0.39 is 5.91 Å². The van der Waals surface area contributed by atoms with Gasteiger partial charge in [-0.05, 0) is 75.6 Å². The number of hydrogen-bond donors (Lipinski definition) is 3. The third-order valence-corrected chi connectivity index (χ3v) is 11.3. The Hall–Kier alpha value is -7.69. The molecule has 2 aromatic carbocycles. The summed E-state index contributed by atoms with van der Waals surface area (Å²) in [6.07, 6.45) is 9.56. The monoisotopic (exact) mass is 880 g/mol. The lowest BCUT2D eigenvalue weighted by molar-refractivity contribution is -0.116. The maximum Gasteiger partial charge on any atom is 0.279 e. The summed E-state index contributed by atoms with van der Waals surface area (Å²) in [5, 5.41) is 10.1. The molecular weight excluding hydrogens is 829 g/mol. The minimum absolute atomic E-state index is 0.0429. The molecule has 8 rings (SSSR count). The fourth-order valence-corrected chi connectivity index (χ4v) is 8.25. The van der Waals surface area contributed by atoms with Gasteiger partial charge in [-0.3, -0.25) is 33.5 Å². The van der Waals surface area contributed by atoms with Crippen molar-refractivity contribution in [2.75, 3.05) is 36.2 Å². The lowest BCUT2D eigenvalue weighted by Gasteiger charge is -2.22. The molecule has 17 nitrogen and oxygen atoms in total. The lowest BCUT2D eigenvalue weighted by Crippen LogP contribution is -2.35. The molecule has 6 aromatic rings. The highest BCUT2D eigenvalue weighted by atomic mass is 16.5. The molecule has 2 aliphatic rings. The average Bonchev–Trinajstić information content (AvgIpc) is 4.08. The van der Waals surface area contributed by atoms with Gasteiger partial charge in [0.1, 0.15) is 11.4 Å². The molecule has 3 N–H and O–H groups in total. The Morgan fingerprint density at radius 3 is 2.48 bits per heavy atom. The average molecular weight is 881 g/mol. The van der Waals surface area contributed by atoms with Crippen LogP contribution in [-0.2, 0) is 32.4 Å². The number of methoxy groups -OCH3 is 1. The van der Waals surface area contributed by atoms with Crippen LogP contribution in [0.4, 0.5) is 22.9 Å². The number of benzene rings is 2. The topological polar surface area (TPSA) is 188 Å². The molecule has 65 heavy (non-hydrogen) atoms. The van der Waals surface area contributed by atoms with Crippen molar-refractivity contribution in [2.24, 2.45) is 26.1 Å². The normalized spacial score (nSPS) is 14.6. The van der Waals surface area contributed by atoms with Crippen molar-refractivity contribution in [2.45, 2.75) is 58.0 Å². The van der Waals surface area contributed by atoms with Gasteiger partial charge in [0.2, 0.25) is 11.7 Å². The number of carbonyl (C=O) groups is 5. The summed E-state index contributed by atoms with van der Waals surface area (Å²) < 4.78 is 17.9. The zero-order chi connectivity index (χ0) is 46.3. The van der Waals surface area contributed by atoms with Gasteiger partial charge in [0.25, 0.3) is 17.7 Å². The van der Waals surface area contributed by atoms with Crippen LogP contribution in [0.15, 0.2) is 90.5 Å². The van der Waals surface area contributed by atoms with E-state index in [0.29, 0.717) is 64.8 Å². The first-order valence-electron chi connectivity index (χ1n) is 21.2. The van der Waals surface area contributed by atoms with Gasteiger partial charge in [-0.1, -0.05) is 18.2 Å². The number of anilines is 3. The number of aliphatic imine (C=N–C) groups is 1. The molecule has 1 saturated heterocycles. The van der Waals surface area contributed by atoms with E-state index in [2.05, 4.69) is 53.3 Å². The number of nitrogens with zero attached hydrogens (tertiary/aromatic N) is 7. The number of aromatic nitrogens is 5. The number of hydrogen-bond acceptors (Lipinski definition) is 10. The number of aryl methyl sites for hydroxylation is 3. The third kappa shape index (κ3) is 9.21. The van der Waals surface area contributed by atoms with Crippen molar-refractivity contribution in [3.05, 3.63) is 114 Å². The van der Waals surface area contributed by atoms with Crippen LogP contribution >= 0.6 is 0 Å². The molecule has 1 atom stereocenters. The molecule has 0 aliphatic carbocycles. The highest BCUT2D eigenvalue weighted by Gasteiger charge is 2.34. The van der Waals surface area contributed by atoms with E-state index in [4.69, 9.17) is 9.47 Å². The van der Waals surface area contributed by atoms with Crippen molar-refractivity contribution >= 4 is 69.4 Å². The molecule has 6 heterocycles. The first-order chi connectivity index (χ1) is 31.0. The fourth-order valence-electron chi connectivity index (χ4n) is 8.25. The molecule has 0 bridgehead atoms. The minimum Gasteiger partial charge on any atom is -0.493 e. The van der Waals surface area contributed by atoms with Crippen molar-refractivity contribution in [1.82, 2.24) is 28.2 Å². The highest BCUT2D eigenvalue weighted by Crippen LogP contribution is 2.38. The summed E-state index contributed by atoms with van der Waals surface area (Å²) >= 11 is 0. The number of amides is 3. The van der Waals surface area contributed by atoms with E-state index in [0.717, 1.165) is 22.2 Å². The summed E-state index contributed by atoms with van der Waals surface area (Å²) in [6, 6.07) is 14.2. The van der Waals surface area contributed by atoms with E-state index in [1.54, 1.807) is 99.6 Å². The van der Waals surface area contributed by atoms with Crippen molar-refractivity contribution in [3.8, 4) is 11.5 Å². The molecule has 336 valence electrons. The Bertz CT molecular complexity index is 2940. The maximum atomic E-state index is 13.8. The molecule has 3 amide bonds. The number of carbonyl (C=O) groups excluding carboxylic acids is 5. The number of rotatable bonds is 14. The van der Waals surface area contributed by atoms with Gasteiger partial charge in [0.05, 0.1) is 42.2 Å². The van der Waals surface area contributed by atoms with Gasteiger partial charge >= 0.3 is 0 Å². The molecule has 2 aliphatic heterocycles. The van der Waals surface area contributed by atoms with Crippen LogP contribution in [0.1, 0.15) is 87.6 Å². The van der Waals surface area contributed by atoms with Crippen molar-refractivity contribution in [3.63, 3.8) is 0 Å². The summed E-state index contributed by atoms with van der Waals surface area (Å²) in [7, 11) is 6.62. The molecule has 0 unspecified atom stereocenters. The number of ether oxygens (including phenoxy) is 2. The predicted octanol–water partition coefficient (Wildman–Crippen LogP) is 6.92. The van der Waals surface area contributed by atoms with Gasteiger partial charge in [0, 0.05) is 94.2 Å². The predicted molar refractivity (Wildman–Crippen MR) is 248 cm³/mol. The smallest absolute Gasteiger partial charge is 0.279 e. The van der Waals surface area contributed by atoms with Gasteiger partial charge < -0.3 is 44.0 Å². The Morgan fingerprint density at radius 2 is 1.71 bits per heavy atom. The van der Waals surface area contributed by atoms with Crippen molar-refractivity contribution < 1.29 is 33.4 Å². The maximum absolute atomic E-state index is 13.8. The second-order valence-corrected chi connectivity index (χ2v) is 17.5. The molecule has 0 radical (unpaired) electrons. The highest BCUT2D eigenvalue weighted by molar-refractivity contribution is 6.07. The molecule has 17 heteroatoms. The van der Waals surface area contributed by atoms with E-state index in [9.17, 15) is 24.0 Å². The fraction of sp³-hybridized carbons (Fsp3) is 0.312. The summed E-state index contributed by atoms with van der Waals surface area (Å²) in [6.45, 7) is 10.9. The molecule has 0 spiro atoms. The Morgan fingerprint density at radius 1 is 0.923 bits per heavy atom. The lowest BCUT2D eigenvalue weighted by atomic mass is 10.1. The minimum atomic E-state index is -0.414. The second-order valence-electron chi connectivity index (χ2n) is 17.5. The van der Waals surface area contributed by atoms with E-state index in [1.807, 2.05) is 24.3 Å². The number of nitrogens with one attached hydrogen (secondary N) is 3. The van der Waals surface area contributed by atoms with Crippen LogP contribution in [0.2, 0.25) is 0 Å². The third-order valence-electron chi connectivity index (χ3n) is 11.3. The van der Waals surface area contributed by atoms with Crippen LogP contribution in [-0.4, -0.2) is 95.6 Å². The number of imidazole rings is 1. The van der Waals surface area contributed by atoms with Gasteiger partial charge in [-0.2, -0.15) is 0 Å². The molecule has 4 aromatic heterocycles. The Kier molecular flexibility index (Phi) is 11.8. The summed E-state index contributed by atoms with van der Waals surface area (Å²) in [4.78, 5) is 77.6. The SMILES string of the molecule is C=C1C[C@H]2C=Nc3cc(OCCCC(=O)Nc4cn(C)c(C(=O)Cc5cc(C(=O)Nc6cc(C(=O)n7ccc8c(NC(C)(C)C)cccc87)n(C)c6)n(C)c5)n4)c(OC)cc3C(=O)N2C1. The van der Waals surface area contributed by atoms with E-state index in [-0.39, 0.29) is 66.2 Å². The first-order valence-corrected chi connectivity index (χ1v) is 21.2. The molecule has 1 fully saturated rings. The zero-order valence-corrected chi connectivity index (χ0v) is 37.5.